The molecule has 0 saturated carbocycles. The normalized spacial score (nSPS) is 11.3. The minimum Gasteiger partial charge on any atom is -0.494 e. The zero-order valence-electron chi connectivity index (χ0n) is 20.2. The summed E-state index contributed by atoms with van der Waals surface area (Å²) in [6, 6.07) is 27.7. The molecule has 0 atom stereocenters. The van der Waals surface area contributed by atoms with Gasteiger partial charge in [0.15, 0.2) is 0 Å². The summed E-state index contributed by atoms with van der Waals surface area (Å²) >= 11 is 0. The molecular weight excluding hydrogens is 422 g/mol. The van der Waals surface area contributed by atoms with E-state index in [0.29, 0.717) is 24.5 Å². The lowest BCUT2D eigenvalue weighted by Crippen LogP contribution is -2.18. The first kappa shape index (κ1) is 23.3. The van der Waals surface area contributed by atoms with Crippen LogP contribution in [0.25, 0.3) is 11.3 Å². The number of ether oxygens (including phenoxy) is 1. The zero-order chi connectivity index (χ0) is 24.1. The number of anilines is 1. The third-order valence-electron chi connectivity index (χ3n) is 5.66. The number of benzene rings is 3. The second-order valence-electron chi connectivity index (χ2n) is 9.30. The highest BCUT2D eigenvalue weighted by molar-refractivity contribution is 6.03. The summed E-state index contributed by atoms with van der Waals surface area (Å²) in [4.78, 5) is 13.3. The fourth-order valence-electron chi connectivity index (χ4n) is 3.75. The molecule has 5 heteroatoms. The van der Waals surface area contributed by atoms with Gasteiger partial charge in [-0.1, -0.05) is 75.4 Å². The van der Waals surface area contributed by atoms with E-state index in [4.69, 9.17) is 9.84 Å². The van der Waals surface area contributed by atoms with Gasteiger partial charge >= 0.3 is 0 Å². The zero-order valence-corrected chi connectivity index (χ0v) is 20.2. The molecule has 0 aliphatic carbocycles. The van der Waals surface area contributed by atoms with E-state index in [2.05, 4.69) is 50.4 Å². The summed E-state index contributed by atoms with van der Waals surface area (Å²) in [7, 11) is 0. The molecule has 4 aromatic rings. The number of aromatic nitrogens is 2. The molecule has 0 aliphatic rings. The highest BCUT2D eigenvalue weighted by Gasteiger charge is 2.18. The first-order valence-corrected chi connectivity index (χ1v) is 11.6. The van der Waals surface area contributed by atoms with E-state index >= 15 is 0 Å². The van der Waals surface area contributed by atoms with Gasteiger partial charge in [0.25, 0.3) is 5.91 Å². The van der Waals surface area contributed by atoms with Gasteiger partial charge in [0.05, 0.1) is 18.8 Å². The van der Waals surface area contributed by atoms with Crippen LogP contribution in [0, 0.1) is 0 Å². The van der Waals surface area contributed by atoms with Crippen molar-refractivity contribution >= 4 is 11.6 Å². The van der Waals surface area contributed by atoms with Crippen LogP contribution in [0.1, 0.15) is 49.3 Å². The fraction of sp³-hybridized carbons (Fsp3) is 0.241. The fourth-order valence-corrected chi connectivity index (χ4v) is 3.75. The standard InChI is InChI=1S/C29H31N3O2/c1-5-34-25-17-15-24(16-18-25)30-28(33)27-19-26(22-9-7-6-8-10-22)31-32(27)20-21-11-13-23(14-12-21)29(2,3)4/h6-19H,5,20H2,1-4H3,(H,30,33). The van der Waals surface area contributed by atoms with Crippen molar-refractivity contribution in [1.82, 2.24) is 9.78 Å². The lowest BCUT2D eigenvalue weighted by atomic mass is 9.87. The molecule has 1 heterocycles. The number of carbonyl (C=O) groups excluding carboxylic acids is 1. The third-order valence-corrected chi connectivity index (χ3v) is 5.66. The maximum absolute atomic E-state index is 13.3. The topological polar surface area (TPSA) is 56.1 Å². The van der Waals surface area contributed by atoms with Gasteiger partial charge in [0.2, 0.25) is 0 Å². The van der Waals surface area contributed by atoms with Gasteiger partial charge in [-0.05, 0) is 53.8 Å². The minimum absolute atomic E-state index is 0.0907. The number of nitrogens with one attached hydrogen (secondary N) is 1. The van der Waals surface area contributed by atoms with E-state index in [9.17, 15) is 4.79 Å². The summed E-state index contributed by atoms with van der Waals surface area (Å²) in [6.45, 7) is 9.64. The number of hydrogen-bond donors (Lipinski definition) is 1. The molecule has 0 aliphatic heterocycles. The Bertz CT molecular complexity index is 1240. The number of rotatable bonds is 7. The minimum atomic E-state index is -0.204. The van der Waals surface area contributed by atoms with Gasteiger partial charge in [-0.15, -0.1) is 0 Å². The maximum atomic E-state index is 13.3. The molecule has 34 heavy (non-hydrogen) atoms. The van der Waals surface area contributed by atoms with Gasteiger partial charge in [0, 0.05) is 11.3 Å². The van der Waals surface area contributed by atoms with Gasteiger partial charge in [-0.25, -0.2) is 0 Å². The van der Waals surface area contributed by atoms with Crippen molar-refractivity contribution in [2.24, 2.45) is 0 Å². The molecule has 0 saturated heterocycles. The summed E-state index contributed by atoms with van der Waals surface area (Å²) in [5, 5.41) is 7.78. The molecule has 1 amide bonds. The smallest absolute Gasteiger partial charge is 0.273 e. The van der Waals surface area contributed by atoms with Crippen molar-refractivity contribution in [2.45, 2.75) is 39.7 Å². The predicted octanol–water partition coefficient (Wildman–Crippen LogP) is 6.55. The Kier molecular flexibility index (Phi) is 6.82. The van der Waals surface area contributed by atoms with E-state index in [0.717, 1.165) is 22.6 Å². The van der Waals surface area contributed by atoms with E-state index in [1.165, 1.54) is 5.56 Å². The van der Waals surface area contributed by atoms with Crippen LogP contribution < -0.4 is 10.1 Å². The largest absolute Gasteiger partial charge is 0.494 e. The van der Waals surface area contributed by atoms with E-state index < -0.39 is 0 Å². The highest BCUT2D eigenvalue weighted by atomic mass is 16.5. The summed E-state index contributed by atoms with van der Waals surface area (Å²) in [6.07, 6.45) is 0. The molecule has 0 radical (unpaired) electrons. The SMILES string of the molecule is CCOc1ccc(NC(=O)c2cc(-c3ccccc3)nn2Cc2ccc(C(C)(C)C)cc2)cc1. The lowest BCUT2D eigenvalue weighted by molar-refractivity contribution is 0.101. The molecule has 1 aromatic heterocycles. The average molecular weight is 454 g/mol. The van der Waals surface area contributed by atoms with Crippen LogP contribution in [0.2, 0.25) is 0 Å². The van der Waals surface area contributed by atoms with Gasteiger partial charge in [-0.2, -0.15) is 5.10 Å². The Morgan fingerprint density at radius 2 is 1.62 bits per heavy atom. The summed E-state index contributed by atoms with van der Waals surface area (Å²) in [5.41, 5.74) is 5.40. The molecule has 0 fully saturated rings. The Labute approximate surface area is 201 Å². The third kappa shape index (κ3) is 5.54. The van der Waals surface area contributed by atoms with Crippen LogP contribution in [0.5, 0.6) is 5.75 Å². The number of nitrogens with zero attached hydrogens (tertiary/aromatic N) is 2. The van der Waals surface area contributed by atoms with E-state index in [-0.39, 0.29) is 11.3 Å². The molecule has 0 unspecified atom stereocenters. The average Bonchev–Trinajstić information content (AvgIpc) is 3.25. The van der Waals surface area contributed by atoms with Gasteiger partial charge in [-0.3, -0.25) is 9.48 Å². The Hall–Kier alpha value is -3.86. The Morgan fingerprint density at radius 1 is 0.941 bits per heavy atom. The van der Waals surface area contributed by atoms with Crippen LogP contribution in [0.15, 0.2) is 84.9 Å². The van der Waals surface area contributed by atoms with Crippen molar-refractivity contribution < 1.29 is 9.53 Å². The molecule has 0 spiro atoms. The van der Waals surface area contributed by atoms with Gasteiger partial charge in [0.1, 0.15) is 11.4 Å². The van der Waals surface area contributed by atoms with Gasteiger partial charge < -0.3 is 10.1 Å². The monoisotopic (exact) mass is 453 g/mol. The highest BCUT2D eigenvalue weighted by Crippen LogP contribution is 2.24. The Morgan fingerprint density at radius 3 is 2.24 bits per heavy atom. The van der Waals surface area contributed by atoms with Crippen molar-refractivity contribution in [2.75, 3.05) is 11.9 Å². The number of carbonyl (C=O) groups is 1. The second-order valence-corrected chi connectivity index (χ2v) is 9.30. The Balaban J connectivity index is 1.62. The summed E-state index contributed by atoms with van der Waals surface area (Å²) < 4.78 is 7.27. The lowest BCUT2D eigenvalue weighted by Gasteiger charge is -2.19. The number of amides is 1. The van der Waals surface area contributed by atoms with Crippen LogP contribution in [-0.4, -0.2) is 22.3 Å². The summed E-state index contributed by atoms with van der Waals surface area (Å²) in [5.74, 6) is 0.570. The first-order valence-electron chi connectivity index (χ1n) is 11.6. The van der Waals surface area contributed by atoms with Crippen molar-refractivity contribution in [3.05, 3.63) is 102 Å². The molecule has 0 bridgehead atoms. The van der Waals surface area contributed by atoms with E-state index in [1.54, 1.807) is 4.68 Å². The van der Waals surface area contributed by atoms with Crippen molar-refractivity contribution in [3.63, 3.8) is 0 Å². The van der Waals surface area contributed by atoms with Crippen LogP contribution >= 0.6 is 0 Å². The van der Waals surface area contributed by atoms with Crippen molar-refractivity contribution in [3.8, 4) is 17.0 Å². The molecule has 3 aromatic carbocycles. The second kappa shape index (κ2) is 9.96. The van der Waals surface area contributed by atoms with Crippen LogP contribution in [0.3, 0.4) is 0 Å². The first-order chi connectivity index (χ1) is 16.3. The molecule has 4 rings (SSSR count). The van der Waals surface area contributed by atoms with E-state index in [1.807, 2.05) is 67.6 Å². The number of hydrogen-bond acceptors (Lipinski definition) is 3. The van der Waals surface area contributed by atoms with Crippen LogP contribution in [-0.2, 0) is 12.0 Å². The predicted molar refractivity (Wildman–Crippen MR) is 137 cm³/mol. The molecule has 1 N–H and O–H groups in total. The van der Waals surface area contributed by atoms with Crippen molar-refractivity contribution in [1.29, 1.82) is 0 Å². The van der Waals surface area contributed by atoms with Crippen LogP contribution in [0.4, 0.5) is 5.69 Å². The molecule has 5 nitrogen and oxygen atoms in total. The quantitative estimate of drug-likeness (QED) is 0.345. The molecule has 174 valence electrons. The maximum Gasteiger partial charge on any atom is 0.273 e. The molecular formula is C29H31N3O2.